The van der Waals surface area contributed by atoms with Crippen LogP contribution >= 0.6 is 0 Å². The molecule has 8 heteroatoms. The zero-order valence-corrected chi connectivity index (χ0v) is 15.4. The van der Waals surface area contributed by atoms with E-state index in [-0.39, 0.29) is 11.9 Å². The standard InChI is InChI=1S/C17H21FN4O2S/c1-12(2)22(4)17-16(13-5-7-14(18)8-6-13)20-11-15(21-17)9-10-25(23,24)19-3/h5-12,19H,1-4H3/b10-9+. The Morgan fingerprint density at radius 2 is 1.88 bits per heavy atom. The summed E-state index contributed by atoms with van der Waals surface area (Å²) in [5.41, 5.74) is 1.74. The summed E-state index contributed by atoms with van der Waals surface area (Å²) >= 11 is 0. The highest BCUT2D eigenvalue weighted by atomic mass is 32.2. The van der Waals surface area contributed by atoms with E-state index in [4.69, 9.17) is 0 Å². The molecule has 0 bridgehead atoms. The van der Waals surface area contributed by atoms with E-state index in [9.17, 15) is 12.8 Å². The zero-order chi connectivity index (χ0) is 18.6. The number of hydrogen-bond acceptors (Lipinski definition) is 5. The molecule has 1 aromatic heterocycles. The lowest BCUT2D eigenvalue weighted by Gasteiger charge is -2.24. The minimum Gasteiger partial charge on any atom is -0.355 e. The van der Waals surface area contributed by atoms with Crippen molar-refractivity contribution in [3.05, 3.63) is 47.4 Å². The lowest BCUT2D eigenvalue weighted by atomic mass is 10.1. The molecule has 0 spiro atoms. The number of rotatable bonds is 6. The maximum atomic E-state index is 13.2. The van der Waals surface area contributed by atoms with Gasteiger partial charge in [-0.2, -0.15) is 0 Å². The van der Waals surface area contributed by atoms with Gasteiger partial charge in [0.05, 0.1) is 11.9 Å². The maximum absolute atomic E-state index is 13.2. The number of sulfonamides is 1. The second-order valence-corrected chi connectivity index (χ2v) is 7.50. The first-order valence-electron chi connectivity index (χ1n) is 7.71. The molecule has 0 saturated heterocycles. The number of aromatic nitrogens is 2. The van der Waals surface area contributed by atoms with Crippen LogP contribution in [0.1, 0.15) is 19.5 Å². The van der Waals surface area contributed by atoms with E-state index in [0.29, 0.717) is 17.2 Å². The minimum absolute atomic E-state index is 0.147. The topological polar surface area (TPSA) is 75.2 Å². The maximum Gasteiger partial charge on any atom is 0.233 e. The average Bonchev–Trinajstić information content (AvgIpc) is 2.60. The monoisotopic (exact) mass is 364 g/mol. The number of halogens is 1. The van der Waals surface area contributed by atoms with Crippen LogP contribution in [0.4, 0.5) is 10.2 Å². The van der Waals surface area contributed by atoms with Crippen LogP contribution in [-0.2, 0) is 10.0 Å². The summed E-state index contributed by atoms with van der Waals surface area (Å²) < 4.78 is 38.4. The third-order valence-corrected chi connectivity index (χ3v) is 4.76. The summed E-state index contributed by atoms with van der Waals surface area (Å²) in [6.45, 7) is 4.01. The summed E-state index contributed by atoms with van der Waals surface area (Å²) in [4.78, 5) is 10.9. The molecule has 0 saturated carbocycles. The van der Waals surface area contributed by atoms with E-state index in [1.54, 1.807) is 12.1 Å². The Morgan fingerprint density at radius 3 is 2.44 bits per heavy atom. The number of anilines is 1. The van der Waals surface area contributed by atoms with Crippen LogP contribution in [0.15, 0.2) is 35.9 Å². The van der Waals surface area contributed by atoms with Crippen molar-refractivity contribution in [1.29, 1.82) is 0 Å². The molecule has 1 heterocycles. The van der Waals surface area contributed by atoms with Crippen LogP contribution in [-0.4, -0.2) is 38.5 Å². The largest absolute Gasteiger partial charge is 0.355 e. The zero-order valence-electron chi connectivity index (χ0n) is 14.6. The molecule has 0 aliphatic rings. The molecule has 0 aliphatic carbocycles. The third kappa shape index (κ3) is 4.83. The fraction of sp³-hybridized carbons (Fsp3) is 0.294. The molecule has 25 heavy (non-hydrogen) atoms. The Hall–Kier alpha value is -2.32. The summed E-state index contributed by atoms with van der Waals surface area (Å²) in [6.07, 6.45) is 2.86. The first-order chi connectivity index (χ1) is 11.7. The SMILES string of the molecule is CNS(=O)(=O)/C=C/c1cnc(-c2ccc(F)cc2)c(N(C)C(C)C)n1. The smallest absolute Gasteiger partial charge is 0.233 e. The van der Waals surface area contributed by atoms with Crippen molar-refractivity contribution in [2.24, 2.45) is 0 Å². The van der Waals surface area contributed by atoms with Crippen molar-refractivity contribution in [2.45, 2.75) is 19.9 Å². The molecule has 0 aliphatic heterocycles. The normalized spacial score (nSPS) is 12.1. The quantitative estimate of drug-likeness (QED) is 0.853. The highest BCUT2D eigenvalue weighted by Gasteiger charge is 2.16. The van der Waals surface area contributed by atoms with Gasteiger partial charge in [-0.25, -0.2) is 22.5 Å². The molecule has 1 aromatic carbocycles. The predicted molar refractivity (Wildman–Crippen MR) is 98.0 cm³/mol. The van der Waals surface area contributed by atoms with Crippen molar-refractivity contribution in [1.82, 2.24) is 14.7 Å². The number of hydrogen-bond donors (Lipinski definition) is 1. The van der Waals surface area contributed by atoms with Gasteiger partial charge in [-0.1, -0.05) is 0 Å². The molecule has 0 fully saturated rings. The lowest BCUT2D eigenvalue weighted by molar-refractivity contribution is 0.597. The van der Waals surface area contributed by atoms with Crippen LogP contribution in [0.2, 0.25) is 0 Å². The Balaban J connectivity index is 2.52. The molecule has 2 rings (SSSR count). The number of nitrogens with zero attached hydrogens (tertiary/aromatic N) is 3. The second-order valence-electron chi connectivity index (χ2n) is 5.73. The molecule has 2 aromatic rings. The minimum atomic E-state index is -3.49. The van der Waals surface area contributed by atoms with Gasteiger partial charge in [0.15, 0.2) is 5.82 Å². The van der Waals surface area contributed by atoms with E-state index in [1.807, 2.05) is 25.8 Å². The van der Waals surface area contributed by atoms with Crippen LogP contribution in [0.5, 0.6) is 0 Å². The van der Waals surface area contributed by atoms with Gasteiger partial charge in [-0.05, 0) is 51.2 Å². The molecule has 0 amide bonds. The summed E-state index contributed by atoms with van der Waals surface area (Å²) in [5, 5.41) is 1.04. The lowest BCUT2D eigenvalue weighted by Crippen LogP contribution is -2.27. The van der Waals surface area contributed by atoms with Gasteiger partial charge < -0.3 is 4.90 Å². The molecule has 6 nitrogen and oxygen atoms in total. The van der Waals surface area contributed by atoms with E-state index in [2.05, 4.69) is 14.7 Å². The highest BCUT2D eigenvalue weighted by molar-refractivity contribution is 7.92. The first-order valence-corrected chi connectivity index (χ1v) is 9.25. The van der Waals surface area contributed by atoms with Gasteiger partial charge in [0, 0.05) is 24.1 Å². The van der Waals surface area contributed by atoms with E-state index >= 15 is 0 Å². The average molecular weight is 364 g/mol. The van der Waals surface area contributed by atoms with Crippen LogP contribution in [0, 0.1) is 5.82 Å². The Kier molecular flexibility index (Phi) is 5.86. The third-order valence-electron chi connectivity index (χ3n) is 3.70. The molecule has 134 valence electrons. The predicted octanol–water partition coefficient (Wildman–Crippen LogP) is 2.65. The van der Waals surface area contributed by atoms with Crippen LogP contribution in [0.3, 0.4) is 0 Å². The Morgan fingerprint density at radius 1 is 1.24 bits per heavy atom. The summed E-state index contributed by atoms with van der Waals surface area (Å²) in [7, 11) is -0.279. The van der Waals surface area contributed by atoms with Gasteiger partial charge in [0.25, 0.3) is 0 Å². The summed E-state index contributed by atoms with van der Waals surface area (Å²) in [5.74, 6) is 0.262. The number of benzene rings is 1. The van der Waals surface area contributed by atoms with E-state index in [1.165, 1.54) is 31.5 Å². The van der Waals surface area contributed by atoms with Crippen LogP contribution < -0.4 is 9.62 Å². The fourth-order valence-corrected chi connectivity index (χ4v) is 2.46. The molecule has 0 radical (unpaired) electrons. The molecular formula is C17H21FN4O2S. The second kappa shape index (κ2) is 7.71. The van der Waals surface area contributed by atoms with E-state index < -0.39 is 10.0 Å². The first kappa shape index (κ1) is 19.0. The molecular weight excluding hydrogens is 343 g/mol. The van der Waals surface area contributed by atoms with Gasteiger partial charge in [0.2, 0.25) is 10.0 Å². The van der Waals surface area contributed by atoms with Gasteiger partial charge in [-0.3, -0.25) is 4.98 Å². The number of nitrogens with one attached hydrogen (secondary N) is 1. The Labute approximate surface area is 147 Å². The van der Waals surface area contributed by atoms with Crippen molar-refractivity contribution in [2.75, 3.05) is 19.0 Å². The molecule has 0 atom stereocenters. The van der Waals surface area contributed by atoms with Crippen molar-refractivity contribution in [3.8, 4) is 11.3 Å². The van der Waals surface area contributed by atoms with E-state index in [0.717, 1.165) is 11.0 Å². The van der Waals surface area contributed by atoms with Crippen molar-refractivity contribution < 1.29 is 12.8 Å². The summed E-state index contributed by atoms with van der Waals surface area (Å²) in [6, 6.07) is 6.15. The Bertz CT molecular complexity index is 865. The van der Waals surface area contributed by atoms with Crippen molar-refractivity contribution in [3.63, 3.8) is 0 Å². The fourth-order valence-electron chi connectivity index (χ4n) is 2.00. The van der Waals surface area contributed by atoms with Gasteiger partial charge in [-0.15, -0.1) is 0 Å². The highest BCUT2D eigenvalue weighted by Crippen LogP contribution is 2.28. The van der Waals surface area contributed by atoms with Gasteiger partial charge >= 0.3 is 0 Å². The molecule has 0 unspecified atom stereocenters. The van der Waals surface area contributed by atoms with Crippen LogP contribution in [0.25, 0.3) is 17.3 Å². The molecule has 1 N–H and O–H groups in total. The van der Waals surface area contributed by atoms with Crippen molar-refractivity contribution >= 4 is 21.9 Å². The van der Waals surface area contributed by atoms with Gasteiger partial charge in [0.1, 0.15) is 11.5 Å².